The van der Waals surface area contributed by atoms with E-state index < -0.39 is 17.5 Å². The summed E-state index contributed by atoms with van der Waals surface area (Å²) in [6, 6.07) is 10.4. The van der Waals surface area contributed by atoms with Crippen molar-refractivity contribution in [1.82, 2.24) is 10.2 Å². The molecule has 0 radical (unpaired) electrons. The minimum Gasteiger partial charge on any atom is -0.319 e. The minimum atomic E-state index is -1.12. The lowest BCUT2D eigenvalue weighted by atomic mass is 9.95. The fraction of sp³-hybridized carbons (Fsp3) is 0.278. The van der Waals surface area contributed by atoms with Crippen molar-refractivity contribution in [2.75, 3.05) is 18.0 Å². The standard InChI is InChI=1S/C18H19N3O3S/c1-3-20(14-7-5-4-6-8-14)15(22)11-21-16(23)18(2,19-17(21)24)13-9-10-25-12-13/h4-10,12H,3,11H2,1-2H3,(H,19,24). The van der Waals surface area contributed by atoms with Gasteiger partial charge in [0, 0.05) is 12.2 Å². The van der Waals surface area contributed by atoms with Gasteiger partial charge in [0.1, 0.15) is 12.1 Å². The van der Waals surface area contributed by atoms with Crippen LogP contribution in [0.25, 0.3) is 0 Å². The molecule has 0 aliphatic carbocycles. The van der Waals surface area contributed by atoms with E-state index in [-0.39, 0.29) is 12.5 Å². The van der Waals surface area contributed by atoms with E-state index >= 15 is 0 Å². The summed E-state index contributed by atoms with van der Waals surface area (Å²) in [5.74, 6) is -0.708. The van der Waals surface area contributed by atoms with Gasteiger partial charge in [0.15, 0.2) is 0 Å². The van der Waals surface area contributed by atoms with Crippen LogP contribution in [0.5, 0.6) is 0 Å². The van der Waals surface area contributed by atoms with E-state index in [4.69, 9.17) is 0 Å². The van der Waals surface area contributed by atoms with Crippen LogP contribution in [0.2, 0.25) is 0 Å². The monoisotopic (exact) mass is 357 g/mol. The van der Waals surface area contributed by atoms with Gasteiger partial charge < -0.3 is 10.2 Å². The van der Waals surface area contributed by atoms with Gasteiger partial charge in [0.05, 0.1) is 0 Å². The zero-order valence-electron chi connectivity index (χ0n) is 14.1. The quantitative estimate of drug-likeness (QED) is 0.836. The molecule has 0 saturated carbocycles. The summed E-state index contributed by atoms with van der Waals surface area (Å²) in [7, 11) is 0. The molecule has 2 heterocycles. The number of nitrogens with zero attached hydrogens (tertiary/aromatic N) is 2. The minimum absolute atomic E-state index is 0.285. The molecule has 3 rings (SSSR count). The number of anilines is 1. The second kappa shape index (κ2) is 6.68. The van der Waals surface area contributed by atoms with Gasteiger partial charge >= 0.3 is 6.03 Å². The van der Waals surface area contributed by atoms with Crippen molar-refractivity contribution < 1.29 is 14.4 Å². The highest BCUT2D eigenvalue weighted by molar-refractivity contribution is 7.08. The number of carbonyl (C=O) groups is 3. The van der Waals surface area contributed by atoms with E-state index in [0.29, 0.717) is 6.54 Å². The van der Waals surface area contributed by atoms with E-state index in [1.54, 1.807) is 17.9 Å². The molecule has 1 aliphatic rings. The lowest BCUT2D eigenvalue weighted by Crippen LogP contribution is -2.44. The largest absolute Gasteiger partial charge is 0.325 e. The molecule has 1 saturated heterocycles. The van der Waals surface area contributed by atoms with Crippen LogP contribution < -0.4 is 10.2 Å². The Morgan fingerprint density at radius 1 is 1.24 bits per heavy atom. The summed E-state index contributed by atoms with van der Waals surface area (Å²) in [5, 5.41) is 6.38. The summed E-state index contributed by atoms with van der Waals surface area (Å²) in [6.45, 7) is 3.68. The van der Waals surface area contributed by atoms with Crippen LogP contribution in [0.15, 0.2) is 47.2 Å². The maximum atomic E-state index is 12.8. The van der Waals surface area contributed by atoms with Gasteiger partial charge in [0.25, 0.3) is 5.91 Å². The number of benzene rings is 1. The SMILES string of the molecule is CCN(C(=O)CN1C(=O)NC(C)(c2ccsc2)C1=O)c1ccccc1. The molecule has 1 aliphatic heterocycles. The molecule has 2 aromatic rings. The Kier molecular flexibility index (Phi) is 4.59. The normalized spacial score (nSPS) is 19.8. The van der Waals surface area contributed by atoms with Crippen molar-refractivity contribution in [3.8, 4) is 0 Å². The first-order valence-electron chi connectivity index (χ1n) is 7.99. The molecule has 1 aromatic heterocycles. The number of hydrogen-bond acceptors (Lipinski definition) is 4. The topological polar surface area (TPSA) is 69.7 Å². The lowest BCUT2D eigenvalue weighted by molar-refractivity contribution is -0.134. The van der Waals surface area contributed by atoms with Gasteiger partial charge in [-0.15, -0.1) is 0 Å². The number of urea groups is 1. The summed E-state index contributed by atoms with van der Waals surface area (Å²) in [4.78, 5) is 40.3. The fourth-order valence-electron chi connectivity index (χ4n) is 2.92. The summed E-state index contributed by atoms with van der Waals surface area (Å²) in [6.07, 6.45) is 0. The van der Waals surface area contributed by atoms with Crippen LogP contribution in [0.3, 0.4) is 0 Å². The highest BCUT2D eigenvalue weighted by atomic mass is 32.1. The van der Waals surface area contributed by atoms with Gasteiger partial charge in [-0.05, 0) is 48.4 Å². The zero-order chi connectivity index (χ0) is 18.0. The Balaban J connectivity index is 1.79. The molecule has 25 heavy (non-hydrogen) atoms. The molecule has 1 unspecified atom stereocenters. The van der Waals surface area contributed by atoms with Crippen molar-refractivity contribution in [1.29, 1.82) is 0 Å². The molecule has 1 aromatic carbocycles. The maximum absolute atomic E-state index is 12.8. The van der Waals surface area contributed by atoms with Crippen molar-refractivity contribution in [3.63, 3.8) is 0 Å². The summed E-state index contributed by atoms with van der Waals surface area (Å²) < 4.78 is 0. The van der Waals surface area contributed by atoms with Crippen LogP contribution in [0.1, 0.15) is 19.4 Å². The number of rotatable bonds is 5. The van der Waals surface area contributed by atoms with Gasteiger partial charge in [-0.2, -0.15) is 11.3 Å². The smallest absolute Gasteiger partial charge is 0.319 e. The lowest BCUT2D eigenvalue weighted by Gasteiger charge is -2.24. The number of hydrogen-bond donors (Lipinski definition) is 1. The average Bonchev–Trinajstić information content (AvgIpc) is 3.21. The third-order valence-corrected chi connectivity index (χ3v) is 5.04. The second-order valence-electron chi connectivity index (χ2n) is 5.93. The van der Waals surface area contributed by atoms with Crippen molar-refractivity contribution >= 4 is 34.9 Å². The summed E-state index contributed by atoms with van der Waals surface area (Å²) in [5.41, 5.74) is 0.338. The molecule has 7 heteroatoms. The number of likely N-dealkylation sites (N-methyl/N-ethyl adjacent to an activating group) is 1. The van der Waals surface area contributed by atoms with Crippen molar-refractivity contribution in [2.45, 2.75) is 19.4 Å². The zero-order valence-corrected chi connectivity index (χ0v) is 14.9. The first-order valence-corrected chi connectivity index (χ1v) is 8.94. The van der Waals surface area contributed by atoms with E-state index in [2.05, 4.69) is 5.32 Å². The van der Waals surface area contributed by atoms with Crippen molar-refractivity contribution in [2.24, 2.45) is 0 Å². The first-order chi connectivity index (χ1) is 12.0. The first kappa shape index (κ1) is 17.2. The molecule has 130 valence electrons. The number of imide groups is 1. The third kappa shape index (κ3) is 3.02. The molecular weight excluding hydrogens is 338 g/mol. The van der Waals surface area contributed by atoms with Gasteiger partial charge in [-0.1, -0.05) is 18.2 Å². The van der Waals surface area contributed by atoms with Crippen LogP contribution in [0, 0.1) is 0 Å². The predicted octanol–water partition coefficient (Wildman–Crippen LogP) is 2.57. The van der Waals surface area contributed by atoms with Crippen LogP contribution in [-0.2, 0) is 15.1 Å². The van der Waals surface area contributed by atoms with Gasteiger partial charge in [0.2, 0.25) is 5.91 Å². The maximum Gasteiger partial charge on any atom is 0.325 e. The van der Waals surface area contributed by atoms with Crippen LogP contribution >= 0.6 is 11.3 Å². The van der Waals surface area contributed by atoms with Gasteiger partial charge in [-0.3, -0.25) is 14.5 Å². The molecular formula is C18H19N3O3S. The highest BCUT2D eigenvalue weighted by Crippen LogP contribution is 2.30. The van der Waals surface area contributed by atoms with Crippen molar-refractivity contribution in [3.05, 3.63) is 52.7 Å². The number of carbonyl (C=O) groups excluding carboxylic acids is 3. The molecule has 0 bridgehead atoms. The van der Waals surface area contributed by atoms with E-state index in [0.717, 1.165) is 16.2 Å². The summed E-state index contributed by atoms with van der Waals surface area (Å²) >= 11 is 1.45. The predicted molar refractivity (Wildman–Crippen MR) is 96.4 cm³/mol. The molecule has 1 N–H and O–H groups in total. The molecule has 1 fully saturated rings. The Morgan fingerprint density at radius 3 is 2.56 bits per heavy atom. The molecule has 1 atom stereocenters. The molecule has 4 amide bonds. The number of amides is 4. The second-order valence-corrected chi connectivity index (χ2v) is 6.71. The number of nitrogens with one attached hydrogen (secondary N) is 1. The highest BCUT2D eigenvalue weighted by Gasteiger charge is 2.49. The Bertz CT molecular complexity index is 791. The van der Waals surface area contributed by atoms with Crippen LogP contribution in [-0.4, -0.2) is 35.8 Å². The average molecular weight is 357 g/mol. The Hall–Kier alpha value is -2.67. The Morgan fingerprint density at radius 2 is 1.96 bits per heavy atom. The van der Waals surface area contributed by atoms with E-state index in [1.807, 2.05) is 48.0 Å². The fourth-order valence-corrected chi connectivity index (χ4v) is 3.68. The third-order valence-electron chi connectivity index (χ3n) is 4.35. The number of para-hydroxylation sites is 1. The van der Waals surface area contributed by atoms with Crippen LogP contribution in [0.4, 0.5) is 10.5 Å². The molecule has 0 spiro atoms. The van der Waals surface area contributed by atoms with E-state index in [9.17, 15) is 14.4 Å². The van der Waals surface area contributed by atoms with E-state index in [1.165, 1.54) is 11.3 Å². The molecule has 6 nitrogen and oxygen atoms in total. The number of thiophene rings is 1. The van der Waals surface area contributed by atoms with Gasteiger partial charge in [-0.25, -0.2) is 4.79 Å². The Labute approximate surface area is 150 Å².